The molecule has 0 bridgehead atoms. The number of amides is 1. The van der Waals surface area contributed by atoms with Crippen molar-refractivity contribution in [2.45, 2.75) is 19.3 Å². The fraction of sp³-hybridized carbons (Fsp3) is 0.440. The Labute approximate surface area is 194 Å². The molecule has 1 unspecified atom stereocenters. The van der Waals surface area contributed by atoms with Crippen LogP contribution in [0.25, 0.3) is 5.65 Å². The van der Waals surface area contributed by atoms with Gasteiger partial charge in [0.05, 0.1) is 33.1 Å². The molecule has 0 saturated carbocycles. The van der Waals surface area contributed by atoms with Gasteiger partial charge in [-0.15, -0.1) is 0 Å². The third kappa shape index (κ3) is 5.46. The number of carbonyl (C=O) groups is 1. The second kappa shape index (κ2) is 10.7. The molecule has 3 heterocycles. The summed E-state index contributed by atoms with van der Waals surface area (Å²) < 4.78 is 18.4. The lowest BCUT2D eigenvalue weighted by Gasteiger charge is -2.26. The summed E-state index contributed by atoms with van der Waals surface area (Å²) in [6.07, 6.45) is 4.15. The van der Waals surface area contributed by atoms with Gasteiger partial charge in [-0.3, -0.25) is 9.69 Å². The molecule has 1 fully saturated rings. The molecule has 4 rings (SSSR count). The first-order valence-electron chi connectivity index (χ1n) is 11.3. The van der Waals surface area contributed by atoms with Gasteiger partial charge in [0, 0.05) is 57.0 Å². The number of hydrogen-bond donors (Lipinski definition) is 1. The van der Waals surface area contributed by atoms with E-state index in [2.05, 4.69) is 19.6 Å². The minimum Gasteiger partial charge on any atom is -0.497 e. The number of methoxy groups -OCH3 is 2. The maximum atomic E-state index is 13.0. The van der Waals surface area contributed by atoms with Crippen LogP contribution in [0, 0.1) is 6.92 Å². The van der Waals surface area contributed by atoms with Crippen LogP contribution in [0.5, 0.6) is 11.5 Å². The molecule has 8 nitrogen and oxygen atoms in total. The zero-order valence-electron chi connectivity index (χ0n) is 19.5. The second-order valence-corrected chi connectivity index (χ2v) is 8.27. The van der Waals surface area contributed by atoms with E-state index in [-0.39, 0.29) is 11.8 Å². The number of pyridine rings is 1. The van der Waals surface area contributed by atoms with Crippen molar-refractivity contribution in [2.24, 2.45) is 0 Å². The van der Waals surface area contributed by atoms with Crippen molar-refractivity contribution in [3.05, 3.63) is 59.5 Å². The van der Waals surface area contributed by atoms with Gasteiger partial charge in [-0.2, -0.15) is 0 Å². The summed E-state index contributed by atoms with van der Waals surface area (Å²) in [5.41, 5.74) is 3.87. The van der Waals surface area contributed by atoms with Crippen LogP contribution in [-0.4, -0.2) is 73.8 Å². The number of imidazole rings is 1. The highest BCUT2D eigenvalue weighted by molar-refractivity contribution is 5.77. The van der Waals surface area contributed by atoms with Crippen LogP contribution in [0.15, 0.2) is 42.7 Å². The van der Waals surface area contributed by atoms with E-state index in [1.165, 1.54) is 0 Å². The summed E-state index contributed by atoms with van der Waals surface area (Å²) in [5.74, 6) is 1.16. The normalized spacial score (nSPS) is 15.4. The number of aryl methyl sites for hydroxylation is 1. The Kier molecular flexibility index (Phi) is 7.47. The van der Waals surface area contributed by atoms with Crippen molar-refractivity contribution in [3.63, 3.8) is 0 Å². The molecule has 0 spiro atoms. The maximum Gasteiger partial charge on any atom is 0.221 e. The molecule has 1 aliphatic heterocycles. The van der Waals surface area contributed by atoms with Gasteiger partial charge >= 0.3 is 0 Å². The van der Waals surface area contributed by atoms with Crippen LogP contribution in [-0.2, 0) is 9.53 Å². The standard InChI is InChI=1S/C25H32N4O4/c1-18-5-4-7-29-23(17-27-25(18)29)22(19-13-20(31-2)15-21(14-19)32-3)16-24(30)26-6-8-28-9-11-33-12-10-28/h4-5,7,13-15,17,22H,6,8-12,16H2,1-3H3,(H,26,30). The van der Waals surface area contributed by atoms with Gasteiger partial charge in [-0.25, -0.2) is 4.98 Å². The van der Waals surface area contributed by atoms with Crippen molar-refractivity contribution in [3.8, 4) is 11.5 Å². The number of nitrogens with zero attached hydrogens (tertiary/aromatic N) is 3. The minimum absolute atomic E-state index is 0.00218. The van der Waals surface area contributed by atoms with Crippen molar-refractivity contribution >= 4 is 11.6 Å². The first-order chi connectivity index (χ1) is 16.1. The van der Waals surface area contributed by atoms with Gasteiger partial charge in [0.25, 0.3) is 0 Å². The summed E-state index contributed by atoms with van der Waals surface area (Å²) in [6.45, 7) is 6.78. The molecule has 1 amide bonds. The Morgan fingerprint density at radius 2 is 1.91 bits per heavy atom. The van der Waals surface area contributed by atoms with E-state index in [0.717, 1.165) is 55.3 Å². The van der Waals surface area contributed by atoms with Crippen LogP contribution in [0.4, 0.5) is 0 Å². The van der Waals surface area contributed by atoms with E-state index in [0.29, 0.717) is 24.5 Å². The van der Waals surface area contributed by atoms with Crippen molar-refractivity contribution in [1.82, 2.24) is 19.6 Å². The largest absolute Gasteiger partial charge is 0.497 e. The van der Waals surface area contributed by atoms with Crippen molar-refractivity contribution in [1.29, 1.82) is 0 Å². The number of rotatable bonds is 9. The van der Waals surface area contributed by atoms with E-state index in [1.807, 2.05) is 49.6 Å². The predicted octanol–water partition coefficient (Wildman–Crippen LogP) is 2.63. The first kappa shape index (κ1) is 23.1. The van der Waals surface area contributed by atoms with Gasteiger partial charge in [0.2, 0.25) is 5.91 Å². The summed E-state index contributed by atoms with van der Waals surface area (Å²) in [5, 5.41) is 3.10. The number of carbonyl (C=O) groups excluding carboxylic acids is 1. The fourth-order valence-corrected chi connectivity index (χ4v) is 4.29. The van der Waals surface area contributed by atoms with Gasteiger partial charge in [0.1, 0.15) is 17.1 Å². The lowest BCUT2D eigenvalue weighted by molar-refractivity contribution is -0.121. The summed E-state index contributed by atoms with van der Waals surface area (Å²) >= 11 is 0. The maximum absolute atomic E-state index is 13.0. The number of morpholine rings is 1. The van der Waals surface area contributed by atoms with Gasteiger partial charge < -0.3 is 23.9 Å². The summed E-state index contributed by atoms with van der Waals surface area (Å²) in [4.78, 5) is 20.0. The summed E-state index contributed by atoms with van der Waals surface area (Å²) in [6, 6.07) is 9.79. The van der Waals surface area contributed by atoms with Crippen LogP contribution in [0.1, 0.15) is 29.2 Å². The number of ether oxygens (including phenoxy) is 3. The molecule has 0 radical (unpaired) electrons. The average molecular weight is 453 g/mol. The number of hydrogen-bond acceptors (Lipinski definition) is 6. The number of nitrogens with one attached hydrogen (secondary N) is 1. The number of fused-ring (bicyclic) bond motifs is 1. The van der Waals surface area contributed by atoms with Crippen LogP contribution >= 0.6 is 0 Å². The van der Waals surface area contributed by atoms with Gasteiger partial charge in [0.15, 0.2) is 0 Å². The predicted molar refractivity (Wildman–Crippen MR) is 126 cm³/mol. The monoisotopic (exact) mass is 452 g/mol. The molecule has 176 valence electrons. The Morgan fingerprint density at radius 1 is 1.18 bits per heavy atom. The Morgan fingerprint density at radius 3 is 2.61 bits per heavy atom. The van der Waals surface area contributed by atoms with Gasteiger partial charge in [-0.05, 0) is 36.2 Å². The molecule has 33 heavy (non-hydrogen) atoms. The van der Waals surface area contributed by atoms with Crippen LogP contribution in [0.3, 0.4) is 0 Å². The minimum atomic E-state index is -0.214. The molecule has 1 aliphatic rings. The highest BCUT2D eigenvalue weighted by Gasteiger charge is 2.24. The summed E-state index contributed by atoms with van der Waals surface area (Å²) in [7, 11) is 3.26. The molecule has 1 N–H and O–H groups in total. The molecule has 1 atom stereocenters. The molecule has 0 aliphatic carbocycles. The molecular formula is C25H32N4O4. The molecular weight excluding hydrogens is 420 g/mol. The Bertz CT molecular complexity index is 1070. The Balaban J connectivity index is 1.59. The molecule has 1 aromatic carbocycles. The SMILES string of the molecule is COc1cc(OC)cc(C(CC(=O)NCCN2CCOCC2)c2cnc3c(C)cccn23)c1. The van der Waals surface area contributed by atoms with Crippen LogP contribution in [0.2, 0.25) is 0 Å². The highest BCUT2D eigenvalue weighted by atomic mass is 16.5. The average Bonchev–Trinajstić information content (AvgIpc) is 3.28. The van der Waals surface area contributed by atoms with E-state index in [4.69, 9.17) is 14.2 Å². The van der Waals surface area contributed by atoms with E-state index in [9.17, 15) is 4.79 Å². The Hall–Kier alpha value is -3.10. The fourth-order valence-electron chi connectivity index (χ4n) is 4.29. The number of benzene rings is 1. The highest BCUT2D eigenvalue weighted by Crippen LogP contribution is 2.34. The zero-order chi connectivity index (χ0) is 23.2. The molecule has 2 aromatic heterocycles. The lowest BCUT2D eigenvalue weighted by atomic mass is 9.91. The zero-order valence-corrected chi connectivity index (χ0v) is 19.5. The third-order valence-corrected chi connectivity index (χ3v) is 6.14. The quantitative estimate of drug-likeness (QED) is 0.538. The molecule has 3 aromatic rings. The van der Waals surface area contributed by atoms with E-state index in [1.54, 1.807) is 14.2 Å². The van der Waals surface area contributed by atoms with E-state index >= 15 is 0 Å². The van der Waals surface area contributed by atoms with Gasteiger partial charge in [-0.1, -0.05) is 6.07 Å². The number of aromatic nitrogens is 2. The van der Waals surface area contributed by atoms with Crippen LogP contribution < -0.4 is 14.8 Å². The molecule has 8 heteroatoms. The first-order valence-corrected chi connectivity index (χ1v) is 11.3. The smallest absolute Gasteiger partial charge is 0.221 e. The lowest BCUT2D eigenvalue weighted by Crippen LogP contribution is -2.41. The van der Waals surface area contributed by atoms with E-state index < -0.39 is 0 Å². The third-order valence-electron chi connectivity index (χ3n) is 6.14. The van der Waals surface area contributed by atoms with Crippen molar-refractivity contribution < 1.29 is 19.0 Å². The second-order valence-electron chi connectivity index (χ2n) is 8.27. The molecule has 1 saturated heterocycles. The van der Waals surface area contributed by atoms with Crippen molar-refractivity contribution in [2.75, 3.05) is 53.6 Å². The topological polar surface area (TPSA) is 77.3 Å².